The van der Waals surface area contributed by atoms with E-state index in [0.29, 0.717) is 30.4 Å². The fourth-order valence-corrected chi connectivity index (χ4v) is 7.15. The van der Waals surface area contributed by atoms with Gasteiger partial charge < -0.3 is 4.90 Å². The molecule has 0 radical (unpaired) electrons. The minimum Gasteiger partial charge on any atom is -0.347 e. The van der Waals surface area contributed by atoms with E-state index in [1.54, 1.807) is 34.0 Å². The number of hydrogen-bond donors (Lipinski definition) is 0. The topological polar surface area (TPSA) is 66.4 Å². The Labute approximate surface area is 188 Å². The lowest BCUT2D eigenvalue weighted by molar-refractivity contribution is 0.432. The fraction of sp³-hybridized carbons (Fsp3) is 0.478. The molecule has 1 aliphatic carbocycles. The first-order valence-electron chi connectivity index (χ1n) is 11.2. The van der Waals surface area contributed by atoms with E-state index in [9.17, 15) is 8.42 Å². The minimum atomic E-state index is -3.49. The second-order valence-corrected chi connectivity index (χ2v) is 11.4. The molecule has 1 aliphatic heterocycles. The van der Waals surface area contributed by atoms with Gasteiger partial charge in [0, 0.05) is 32.4 Å². The number of pyridine rings is 1. The molecule has 1 saturated heterocycles. The number of rotatable bonds is 4. The molecule has 0 bridgehead atoms. The van der Waals surface area contributed by atoms with E-state index in [1.165, 1.54) is 37.7 Å². The van der Waals surface area contributed by atoms with Crippen molar-refractivity contribution in [3.8, 4) is 0 Å². The molecular formula is C23H28N4O2S2. The van der Waals surface area contributed by atoms with Gasteiger partial charge in [0.25, 0.3) is 0 Å². The summed E-state index contributed by atoms with van der Waals surface area (Å²) >= 11 is 1.57. The molecule has 5 rings (SSSR count). The molecule has 2 aromatic heterocycles. The third kappa shape index (κ3) is 4.33. The monoisotopic (exact) mass is 456 g/mol. The third-order valence-electron chi connectivity index (χ3n) is 6.47. The van der Waals surface area contributed by atoms with Crippen molar-refractivity contribution >= 4 is 36.8 Å². The zero-order chi connectivity index (χ0) is 21.3. The lowest BCUT2D eigenvalue weighted by atomic mass is 9.84. The largest absolute Gasteiger partial charge is 0.347 e. The van der Waals surface area contributed by atoms with Gasteiger partial charge in [0.05, 0.1) is 4.90 Å². The Morgan fingerprint density at radius 1 is 0.903 bits per heavy atom. The van der Waals surface area contributed by atoms with Gasteiger partial charge in [-0.15, -0.1) is 0 Å². The third-order valence-corrected chi connectivity index (χ3v) is 9.43. The summed E-state index contributed by atoms with van der Waals surface area (Å²) in [6, 6.07) is 11.5. The Kier molecular flexibility index (Phi) is 5.95. The Balaban J connectivity index is 1.29. The fourth-order valence-electron chi connectivity index (χ4n) is 4.72. The highest BCUT2D eigenvalue weighted by Crippen LogP contribution is 2.33. The van der Waals surface area contributed by atoms with E-state index >= 15 is 0 Å². The van der Waals surface area contributed by atoms with Crippen molar-refractivity contribution in [1.29, 1.82) is 0 Å². The molecule has 6 nitrogen and oxygen atoms in total. The Morgan fingerprint density at radius 2 is 1.71 bits per heavy atom. The summed E-state index contributed by atoms with van der Waals surface area (Å²) in [7, 11) is -3.49. The number of nitrogens with zero attached hydrogens (tertiary/aromatic N) is 4. The molecule has 31 heavy (non-hydrogen) atoms. The van der Waals surface area contributed by atoms with E-state index in [4.69, 9.17) is 4.98 Å². The van der Waals surface area contributed by atoms with Crippen LogP contribution < -0.4 is 4.90 Å². The summed E-state index contributed by atoms with van der Waals surface area (Å²) < 4.78 is 28.2. The molecule has 3 heterocycles. The van der Waals surface area contributed by atoms with Gasteiger partial charge in [-0.05, 0) is 55.0 Å². The number of hydrogen-bond acceptors (Lipinski definition) is 6. The highest BCUT2D eigenvalue weighted by atomic mass is 32.2. The molecule has 0 unspecified atom stereocenters. The summed E-state index contributed by atoms with van der Waals surface area (Å²) in [6.07, 6.45) is 8.87. The average molecular weight is 457 g/mol. The van der Waals surface area contributed by atoms with Crippen molar-refractivity contribution < 1.29 is 8.42 Å². The van der Waals surface area contributed by atoms with Crippen LogP contribution in [0.3, 0.4) is 0 Å². The van der Waals surface area contributed by atoms with Gasteiger partial charge in [-0.25, -0.2) is 18.4 Å². The molecule has 0 amide bonds. The number of fused-ring (bicyclic) bond motifs is 1. The van der Waals surface area contributed by atoms with E-state index in [-0.39, 0.29) is 0 Å². The average Bonchev–Trinajstić information content (AvgIpc) is 3.08. The van der Waals surface area contributed by atoms with Crippen LogP contribution in [0.1, 0.15) is 50.0 Å². The molecule has 1 saturated carbocycles. The standard InChI is InChI=1S/C23H28N4O2S2/c28-31(29,20-11-9-19(10-12-20)18-6-2-1-3-7-18)27-15-5-14-26(16-17-27)23-25-21-8-4-13-24-22(21)30-23/h4,8-13,18H,1-3,5-7,14-17H2. The van der Waals surface area contributed by atoms with Crippen molar-refractivity contribution in [2.24, 2.45) is 0 Å². The predicted molar refractivity (Wildman–Crippen MR) is 125 cm³/mol. The summed E-state index contributed by atoms with van der Waals surface area (Å²) in [5, 5.41) is 0.921. The maximum atomic E-state index is 13.3. The van der Waals surface area contributed by atoms with Crippen LogP contribution in [0, 0.1) is 0 Å². The Hall–Kier alpha value is -2.03. The van der Waals surface area contributed by atoms with Crippen LogP contribution in [0.25, 0.3) is 10.3 Å². The molecule has 0 atom stereocenters. The number of benzene rings is 1. The highest BCUT2D eigenvalue weighted by Gasteiger charge is 2.28. The zero-order valence-corrected chi connectivity index (χ0v) is 19.2. The van der Waals surface area contributed by atoms with Crippen molar-refractivity contribution in [2.75, 3.05) is 31.1 Å². The van der Waals surface area contributed by atoms with Gasteiger partial charge in [-0.3, -0.25) is 0 Å². The van der Waals surface area contributed by atoms with Gasteiger partial charge in [0.15, 0.2) is 5.13 Å². The normalized spacial score (nSPS) is 19.5. The molecule has 3 aromatic rings. The van der Waals surface area contributed by atoms with Gasteiger partial charge in [0.1, 0.15) is 10.3 Å². The van der Waals surface area contributed by atoms with E-state index in [1.807, 2.05) is 24.3 Å². The van der Waals surface area contributed by atoms with Crippen molar-refractivity contribution in [1.82, 2.24) is 14.3 Å². The smallest absolute Gasteiger partial charge is 0.243 e. The predicted octanol–water partition coefficient (Wildman–Crippen LogP) is 4.64. The Morgan fingerprint density at radius 3 is 2.48 bits per heavy atom. The van der Waals surface area contributed by atoms with Crippen molar-refractivity contribution in [3.05, 3.63) is 48.2 Å². The van der Waals surface area contributed by atoms with E-state index < -0.39 is 10.0 Å². The van der Waals surface area contributed by atoms with Crippen LogP contribution >= 0.6 is 11.3 Å². The second-order valence-electron chi connectivity index (χ2n) is 8.47. The van der Waals surface area contributed by atoms with Gasteiger partial charge in [-0.2, -0.15) is 4.31 Å². The van der Waals surface area contributed by atoms with Crippen LogP contribution in [0.5, 0.6) is 0 Å². The van der Waals surface area contributed by atoms with Crippen LogP contribution in [0.2, 0.25) is 0 Å². The molecule has 0 N–H and O–H groups in total. The number of aromatic nitrogens is 2. The maximum Gasteiger partial charge on any atom is 0.243 e. The lowest BCUT2D eigenvalue weighted by Crippen LogP contribution is -2.35. The molecule has 1 aromatic carbocycles. The van der Waals surface area contributed by atoms with Gasteiger partial charge in [-0.1, -0.05) is 42.7 Å². The summed E-state index contributed by atoms with van der Waals surface area (Å²) in [5.74, 6) is 0.584. The van der Waals surface area contributed by atoms with Crippen molar-refractivity contribution in [2.45, 2.75) is 49.3 Å². The van der Waals surface area contributed by atoms with Crippen LogP contribution in [0.4, 0.5) is 5.13 Å². The number of anilines is 1. The zero-order valence-electron chi connectivity index (χ0n) is 17.6. The first-order valence-corrected chi connectivity index (χ1v) is 13.4. The molecule has 2 fully saturated rings. The van der Waals surface area contributed by atoms with E-state index in [0.717, 1.165) is 28.4 Å². The van der Waals surface area contributed by atoms with Crippen LogP contribution in [-0.4, -0.2) is 48.9 Å². The molecule has 8 heteroatoms. The first-order chi connectivity index (χ1) is 15.1. The number of thiazole rings is 1. The maximum absolute atomic E-state index is 13.3. The minimum absolute atomic E-state index is 0.407. The van der Waals surface area contributed by atoms with Gasteiger partial charge >= 0.3 is 0 Å². The molecular weight excluding hydrogens is 428 g/mol. The van der Waals surface area contributed by atoms with Crippen molar-refractivity contribution in [3.63, 3.8) is 0 Å². The van der Waals surface area contributed by atoms with E-state index in [2.05, 4.69) is 9.88 Å². The summed E-state index contributed by atoms with van der Waals surface area (Å²) in [6.45, 7) is 2.44. The molecule has 164 valence electrons. The van der Waals surface area contributed by atoms with Crippen LogP contribution in [0.15, 0.2) is 47.5 Å². The van der Waals surface area contributed by atoms with Gasteiger partial charge in [0.2, 0.25) is 10.0 Å². The summed E-state index contributed by atoms with van der Waals surface area (Å²) in [4.78, 5) is 12.6. The SMILES string of the molecule is O=S(=O)(c1ccc(C2CCCCC2)cc1)N1CCCN(c2nc3cccnc3s2)CC1. The molecule has 0 spiro atoms. The quantitative estimate of drug-likeness (QED) is 0.572. The first kappa shape index (κ1) is 20.8. The second kappa shape index (κ2) is 8.84. The Bertz CT molecular complexity index is 1100. The van der Waals surface area contributed by atoms with Crippen LogP contribution in [-0.2, 0) is 10.0 Å². The molecule has 2 aliphatic rings. The number of sulfonamides is 1. The lowest BCUT2D eigenvalue weighted by Gasteiger charge is -2.23. The highest BCUT2D eigenvalue weighted by molar-refractivity contribution is 7.89. The summed E-state index contributed by atoms with van der Waals surface area (Å²) in [5.41, 5.74) is 2.18.